The predicted octanol–water partition coefficient (Wildman–Crippen LogP) is 5.92. The average Bonchev–Trinajstić information content (AvgIpc) is 2.53. The van der Waals surface area contributed by atoms with Crippen LogP contribution in [0.2, 0.25) is 0 Å². The zero-order valence-corrected chi connectivity index (χ0v) is 13.1. The van der Waals surface area contributed by atoms with E-state index in [1.54, 1.807) is 7.11 Å². The second-order valence-corrected chi connectivity index (χ2v) is 6.10. The molecule has 102 valence electrons. The number of fused-ring (bicyclic) bond motifs is 5. The normalized spacial score (nSPS) is 11.3. The number of rotatable bonds is 1. The summed E-state index contributed by atoms with van der Waals surface area (Å²) in [4.78, 5) is 0. The maximum absolute atomic E-state index is 5.33. The Balaban J connectivity index is 2.24. The van der Waals surface area contributed by atoms with E-state index in [-0.39, 0.29) is 0 Å². The molecule has 0 saturated heterocycles. The van der Waals surface area contributed by atoms with Crippen molar-refractivity contribution in [2.45, 2.75) is 0 Å². The lowest BCUT2D eigenvalue weighted by Gasteiger charge is -2.09. The second kappa shape index (κ2) is 4.74. The number of ether oxygens (including phenoxy) is 1. The van der Waals surface area contributed by atoms with E-state index in [1.165, 1.54) is 32.3 Å². The molecule has 0 bridgehead atoms. The molecular weight excluding hydrogens is 324 g/mol. The van der Waals surface area contributed by atoms with Gasteiger partial charge < -0.3 is 4.74 Å². The summed E-state index contributed by atoms with van der Waals surface area (Å²) in [7, 11) is 1.70. The molecule has 4 rings (SSSR count). The molecule has 0 heterocycles. The molecule has 0 unspecified atom stereocenters. The summed E-state index contributed by atoms with van der Waals surface area (Å²) in [5.74, 6) is 0.892. The molecule has 21 heavy (non-hydrogen) atoms. The zero-order chi connectivity index (χ0) is 14.4. The van der Waals surface area contributed by atoms with Gasteiger partial charge in [-0.25, -0.2) is 0 Å². The van der Waals surface area contributed by atoms with Gasteiger partial charge in [0.15, 0.2) is 0 Å². The van der Waals surface area contributed by atoms with Gasteiger partial charge in [0.05, 0.1) is 7.11 Å². The Labute approximate surface area is 131 Å². The second-order valence-electron chi connectivity index (χ2n) is 5.18. The standard InChI is InChI=1S/C19H13BrO/c1-21-16-8-9-17-14(10-16)5-4-13-3-2-12-6-7-15(20)11-18(12)19(13)17/h2-11H,1H3. The Bertz CT molecular complexity index is 989. The molecule has 4 aromatic carbocycles. The van der Waals surface area contributed by atoms with Gasteiger partial charge >= 0.3 is 0 Å². The van der Waals surface area contributed by atoms with Crippen molar-refractivity contribution in [2.24, 2.45) is 0 Å². The molecule has 0 fully saturated rings. The van der Waals surface area contributed by atoms with Crippen LogP contribution in [0.5, 0.6) is 5.75 Å². The third-order valence-corrected chi connectivity index (χ3v) is 4.48. The van der Waals surface area contributed by atoms with Crippen molar-refractivity contribution in [1.29, 1.82) is 0 Å². The van der Waals surface area contributed by atoms with Gasteiger partial charge in [0.25, 0.3) is 0 Å². The molecule has 0 saturated carbocycles. The van der Waals surface area contributed by atoms with Gasteiger partial charge in [0, 0.05) is 4.47 Å². The van der Waals surface area contributed by atoms with Crippen LogP contribution in [0.15, 0.2) is 65.1 Å². The van der Waals surface area contributed by atoms with Gasteiger partial charge in [0.2, 0.25) is 0 Å². The van der Waals surface area contributed by atoms with Crippen molar-refractivity contribution in [3.63, 3.8) is 0 Å². The van der Waals surface area contributed by atoms with Crippen LogP contribution in [0.4, 0.5) is 0 Å². The van der Waals surface area contributed by atoms with E-state index in [1.807, 2.05) is 6.07 Å². The van der Waals surface area contributed by atoms with Crippen molar-refractivity contribution >= 4 is 48.2 Å². The van der Waals surface area contributed by atoms with Gasteiger partial charge in [-0.3, -0.25) is 0 Å². The zero-order valence-electron chi connectivity index (χ0n) is 11.6. The first-order valence-corrected chi connectivity index (χ1v) is 7.64. The van der Waals surface area contributed by atoms with Crippen molar-refractivity contribution in [3.05, 3.63) is 65.1 Å². The Morgan fingerprint density at radius 2 is 1.43 bits per heavy atom. The van der Waals surface area contributed by atoms with Crippen LogP contribution < -0.4 is 4.74 Å². The highest BCUT2D eigenvalue weighted by molar-refractivity contribution is 9.10. The van der Waals surface area contributed by atoms with Crippen molar-refractivity contribution in [1.82, 2.24) is 0 Å². The maximum atomic E-state index is 5.33. The molecule has 0 aliphatic heterocycles. The average molecular weight is 337 g/mol. The van der Waals surface area contributed by atoms with Crippen LogP contribution in [0, 0.1) is 0 Å². The van der Waals surface area contributed by atoms with Gasteiger partial charge in [-0.2, -0.15) is 0 Å². The molecule has 0 amide bonds. The summed E-state index contributed by atoms with van der Waals surface area (Å²) >= 11 is 3.59. The van der Waals surface area contributed by atoms with Gasteiger partial charge in [0.1, 0.15) is 5.75 Å². The van der Waals surface area contributed by atoms with Crippen LogP contribution in [0.3, 0.4) is 0 Å². The Morgan fingerprint density at radius 3 is 2.24 bits per heavy atom. The number of methoxy groups -OCH3 is 1. The van der Waals surface area contributed by atoms with E-state index >= 15 is 0 Å². The van der Waals surface area contributed by atoms with Crippen LogP contribution in [-0.4, -0.2) is 7.11 Å². The van der Waals surface area contributed by atoms with Crippen LogP contribution in [-0.2, 0) is 0 Å². The van der Waals surface area contributed by atoms with E-state index in [0.717, 1.165) is 10.2 Å². The fourth-order valence-electron chi connectivity index (χ4n) is 2.96. The predicted molar refractivity (Wildman–Crippen MR) is 93.2 cm³/mol. The third-order valence-electron chi connectivity index (χ3n) is 3.99. The first kappa shape index (κ1) is 12.7. The molecule has 0 atom stereocenters. The third kappa shape index (κ3) is 1.98. The SMILES string of the molecule is COc1ccc2c(ccc3ccc4ccc(Br)cc4c32)c1. The fraction of sp³-hybridized carbons (Fsp3) is 0.0526. The van der Waals surface area contributed by atoms with Crippen LogP contribution in [0.1, 0.15) is 0 Å². The fourth-order valence-corrected chi connectivity index (χ4v) is 3.32. The molecule has 2 heteroatoms. The first-order chi connectivity index (χ1) is 10.3. The molecule has 0 N–H and O–H groups in total. The molecular formula is C19H13BrO. The van der Waals surface area contributed by atoms with Gasteiger partial charge in [-0.1, -0.05) is 52.3 Å². The molecule has 0 aromatic heterocycles. The van der Waals surface area contributed by atoms with Crippen molar-refractivity contribution < 1.29 is 4.74 Å². The molecule has 0 aliphatic rings. The number of hydrogen-bond acceptors (Lipinski definition) is 1. The number of halogens is 1. The minimum absolute atomic E-state index is 0.892. The molecule has 0 spiro atoms. The summed E-state index contributed by atoms with van der Waals surface area (Å²) in [6.45, 7) is 0. The smallest absolute Gasteiger partial charge is 0.119 e. The summed E-state index contributed by atoms with van der Waals surface area (Å²) in [5.41, 5.74) is 0. The Kier molecular flexibility index (Phi) is 2.86. The lowest BCUT2D eigenvalue weighted by atomic mass is 9.96. The lowest BCUT2D eigenvalue weighted by molar-refractivity contribution is 0.415. The summed E-state index contributed by atoms with van der Waals surface area (Å²) in [6, 6.07) is 21.4. The molecule has 0 aliphatic carbocycles. The largest absolute Gasteiger partial charge is 0.497 e. The Morgan fingerprint density at radius 1 is 0.714 bits per heavy atom. The minimum Gasteiger partial charge on any atom is -0.497 e. The summed E-state index contributed by atoms with van der Waals surface area (Å²) < 4.78 is 6.44. The van der Waals surface area contributed by atoms with Gasteiger partial charge in [-0.05, 0) is 56.6 Å². The molecule has 1 nitrogen and oxygen atoms in total. The molecule has 4 aromatic rings. The quantitative estimate of drug-likeness (QED) is 0.392. The highest BCUT2D eigenvalue weighted by atomic mass is 79.9. The highest BCUT2D eigenvalue weighted by Crippen LogP contribution is 2.34. The van der Waals surface area contributed by atoms with E-state index in [9.17, 15) is 0 Å². The van der Waals surface area contributed by atoms with Crippen molar-refractivity contribution in [2.75, 3.05) is 7.11 Å². The van der Waals surface area contributed by atoms with E-state index in [0.29, 0.717) is 0 Å². The minimum atomic E-state index is 0.892. The summed E-state index contributed by atoms with van der Waals surface area (Å²) in [6.07, 6.45) is 0. The highest BCUT2D eigenvalue weighted by Gasteiger charge is 2.06. The number of hydrogen-bond donors (Lipinski definition) is 0. The Hall–Kier alpha value is -2.06. The molecule has 0 radical (unpaired) electrons. The summed E-state index contributed by atoms with van der Waals surface area (Å²) in [5, 5.41) is 7.56. The van der Waals surface area contributed by atoms with E-state index in [2.05, 4.69) is 70.5 Å². The monoisotopic (exact) mass is 336 g/mol. The van der Waals surface area contributed by atoms with Crippen LogP contribution in [0.25, 0.3) is 32.3 Å². The first-order valence-electron chi connectivity index (χ1n) is 6.85. The van der Waals surface area contributed by atoms with Gasteiger partial charge in [-0.15, -0.1) is 0 Å². The van der Waals surface area contributed by atoms with Crippen molar-refractivity contribution in [3.8, 4) is 5.75 Å². The number of benzene rings is 4. The van der Waals surface area contributed by atoms with E-state index in [4.69, 9.17) is 4.74 Å². The topological polar surface area (TPSA) is 9.23 Å². The maximum Gasteiger partial charge on any atom is 0.119 e. The lowest BCUT2D eigenvalue weighted by Crippen LogP contribution is -1.84. The van der Waals surface area contributed by atoms with E-state index < -0.39 is 0 Å². The van der Waals surface area contributed by atoms with Crippen LogP contribution >= 0.6 is 15.9 Å².